The van der Waals surface area contributed by atoms with Crippen molar-refractivity contribution >= 4 is 28.3 Å². The molecular weight excluding hydrogens is 352 g/mol. The van der Waals surface area contributed by atoms with Crippen molar-refractivity contribution in [3.05, 3.63) is 46.5 Å². The normalized spacial score (nSPS) is 20.7. The Kier molecular flexibility index (Phi) is 5.65. The highest BCUT2D eigenvalue weighted by atomic mass is 32.1. The molecule has 1 fully saturated rings. The highest BCUT2D eigenvalue weighted by Gasteiger charge is 2.22. The molecule has 8 heteroatoms. The number of nitrogens with zero attached hydrogens (tertiary/aromatic N) is 2. The van der Waals surface area contributed by atoms with Crippen molar-refractivity contribution in [1.29, 1.82) is 0 Å². The first-order chi connectivity index (χ1) is 12.4. The highest BCUT2D eigenvalue weighted by molar-refractivity contribution is 7.13. The number of anilines is 1. The molecule has 2 heterocycles. The fourth-order valence-electron chi connectivity index (χ4n) is 3.06. The standard InChI is InChI=1S/C18H22N4O3S/c1-11-7-22(8-12(2)25-11)9-15-10-26-18(20-15)21-17(24)14-5-3-4-13(6-14)16(19)23/h3-6,10-12H,7-9H2,1-2H3,(H2,19,23)(H,20,21,24). The van der Waals surface area contributed by atoms with Crippen LogP contribution in [0, 0.1) is 0 Å². The van der Waals surface area contributed by atoms with Crippen LogP contribution in [0.3, 0.4) is 0 Å². The maximum absolute atomic E-state index is 12.4. The minimum absolute atomic E-state index is 0.203. The Bertz CT molecular complexity index is 797. The van der Waals surface area contributed by atoms with E-state index in [0.717, 1.165) is 25.3 Å². The van der Waals surface area contributed by atoms with E-state index in [2.05, 4.69) is 29.0 Å². The number of thiazole rings is 1. The summed E-state index contributed by atoms with van der Waals surface area (Å²) < 4.78 is 5.74. The molecule has 2 unspecified atom stereocenters. The molecule has 1 aliphatic heterocycles. The summed E-state index contributed by atoms with van der Waals surface area (Å²) in [6.45, 7) is 6.58. The van der Waals surface area contributed by atoms with Crippen LogP contribution >= 0.6 is 11.3 Å². The van der Waals surface area contributed by atoms with Gasteiger partial charge in [-0.1, -0.05) is 6.07 Å². The Balaban J connectivity index is 1.62. The first-order valence-corrected chi connectivity index (χ1v) is 9.32. The van der Waals surface area contributed by atoms with Gasteiger partial charge < -0.3 is 10.5 Å². The molecule has 0 aliphatic carbocycles. The Morgan fingerprint density at radius 2 is 2.00 bits per heavy atom. The lowest BCUT2D eigenvalue weighted by Crippen LogP contribution is -2.44. The summed E-state index contributed by atoms with van der Waals surface area (Å²) in [6, 6.07) is 6.31. The second kappa shape index (κ2) is 7.94. The molecule has 1 aliphatic rings. The summed E-state index contributed by atoms with van der Waals surface area (Å²) in [4.78, 5) is 30.4. The minimum atomic E-state index is -0.565. The maximum atomic E-state index is 12.4. The molecule has 3 rings (SSSR count). The van der Waals surface area contributed by atoms with Crippen LogP contribution < -0.4 is 11.1 Å². The molecule has 0 bridgehead atoms. The number of nitrogens with one attached hydrogen (secondary N) is 1. The van der Waals surface area contributed by atoms with E-state index in [0.29, 0.717) is 16.3 Å². The molecule has 7 nitrogen and oxygen atoms in total. The van der Waals surface area contributed by atoms with E-state index in [-0.39, 0.29) is 18.1 Å². The second-order valence-corrected chi connectivity index (χ2v) is 7.35. The Hall–Kier alpha value is -2.29. The van der Waals surface area contributed by atoms with Gasteiger partial charge in [0.05, 0.1) is 17.9 Å². The SMILES string of the molecule is CC1CN(Cc2csc(NC(=O)c3cccc(C(N)=O)c3)n2)CC(C)O1. The zero-order chi connectivity index (χ0) is 18.7. The van der Waals surface area contributed by atoms with E-state index in [4.69, 9.17) is 10.5 Å². The van der Waals surface area contributed by atoms with Gasteiger partial charge >= 0.3 is 0 Å². The van der Waals surface area contributed by atoms with E-state index in [1.807, 2.05) is 5.38 Å². The Morgan fingerprint density at radius 1 is 1.31 bits per heavy atom. The summed E-state index contributed by atoms with van der Waals surface area (Å²) in [7, 11) is 0. The van der Waals surface area contributed by atoms with Crippen LogP contribution in [-0.2, 0) is 11.3 Å². The molecule has 2 aromatic rings. The van der Waals surface area contributed by atoms with Gasteiger partial charge in [0, 0.05) is 36.1 Å². The molecule has 3 N–H and O–H groups in total. The number of morpholine rings is 1. The predicted molar refractivity (Wildman–Crippen MR) is 100 cm³/mol. The number of aromatic nitrogens is 1. The number of benzene rings is 1. The average molecular weight is 374 g/mol. The van der Waals surface area contributed by atoms with Crippen LogP contribution in [0.4, 0.5) is 5.13 Å². The summed E-state index contributed by atoms with van der Waals surface area (Å²) in [5.41, 5.74) is 6.84. The molecule has 0 saturated carbocycles. The van der Waals surface area contributed by atoms with E-state index < -0.39 is 5.91 Å². The molecule has 1 aromatic carbocycles. The van der Waals surface area contributed by atoms with Crippen LogP contribution in [0.1, 0.15) is 40.3 Å². The monoisotopic (exact) mass is 374 g/mol. The van der Waals surface area contributed by atoms with Crippen LogP contribution in [0.15, 0.2) is 29.6 Å². The molecule has 1 aromatic heterocycles. The van der Waals surface area contributed by atoms with Gasteiger partial charge in [-0.3, -0.25) is 19.8 Å². The Morgan fingerprint density at radius 3 is 2.69 bits per heavy atom. The van der Waals surface area contributed by atoms with Gasteiger partial charge in [-0.15, -0.1) is 11.3 Å². The lowest BCUT2D eigenvalue weighted by atomic mass is 10.1. The Labute approximate surface area is 156 Å². The van der Waals surface area contributed by atoms with Crippen molar-refractivity contribution in [2.75, 3.05) is 18.4 Å². The maximum Gasteiger partial charge on any atom is 0.257 e. The molecule has 0 radical (unpaired) electrons. The molecule has 2 amide bonds. The van der Waals surface area contributed by atoms with Gasteiger partial charge in [0.1, 0.15) is 0 Å². The lowest BCUT2D eigenvalue weighted by molar-refractivity contribution is -0.0707. The number of hydrogen-bond donors (Lipinski definition) is 2. The van der Waals surface area contributed by atoms with E-state index in [9.17, 15) is 9.59 Å². The van der Waals surface area contributed by atoms with Crippen molar-refractivity contribution in [2.45, 2.75) is 32.6 Å². The topological polar surface area (TPSA) is 97.6 Å². The minimum Gasteiger partial charge on any atom is -0.373 e. The molecular formula is C18H22N4O3S. The van der Waals surface area contributed by atoms with Crippen LogP contribution in [0.2, 0.25) is 0 Å². The fraction of sp³-hybridized carbons (Fsp3) is 0.389. The number of ether oxygens (including phenoxy) is 1. The number of amides is 2. The van der Waals surface area contributed by atoms with E-state index >= 15 is 0 Å². The van der Waals surface area contributed by atoms with Gasteiger partial charge in [0.15, 0.2) is 5.13 Å². The van der Waals surface area contributed by atoms with Crippen LogP contribution in [0.5, 0.6) is 0 Å². The van der Waals surface area contributed by atoms with Gasteiger partial charge in [-0.2, -0.15) is 0 Å². The van der Waals surface area contributed by atoms with Gasteiger partial charge in [0.2, 0.25) is 5.91 Å². The van der Waals surface area contributed by atoms with E-state index in [1.54, 1.807) is 18.2 Å². The molecule has 26 heavy (non-hydrogen) atoms. The van der Waals surface area contributed by atoms with Crippen molar-refractivity contribution in [1.82, 2.24) is 9.88 Å². The highest BCUT2D eigenvalue weighted by Crippen LogP contribution is 2.20. The summed E-state index contributed by atoms with van der Waals surface area (Å²) in [5.74, 6) is -0.882. The van der Waals surface area contributed by atoms with Gasteiger partial charge in [-0.25, -0.2) is 4.98 Å². The zero-order valence-electron chi connectivity index (χ0n) is 14.8. The number of hydrogen-bond acceptors (Lipinski definition) is 6. The third kappa shape index (κ3) is 4.66. The van der Waals surface area contributed by atoms with E-state index in [1.165, 1.54) is 17.4 Å². The number of nitrogens with two attached hydrogens (primary N) is 1. The molecule has 138 valence electrons. The van der Waals surface area contributed by atoms with Crippen LogP contribution in [0.25, 0.3) is 0 Å². The first kappa shape index (κ1) is 18.5. The van der Waals surface area contributed by atoms with Gasteiger partial charge in [0.25, 0.3) is 5.91 Å². The summed E-state index contributed by atoms with van der Waals surface area (Å²) in [6.07, 6.45) is 0.406. The summed E-state index contributed by atoms with van der Waals surface area (Å²) >= 11 is 1.38. The number of carbonyl (C=O) groups excluding carboxylic acids is 2. The smallest absolute Gasteiger partial charge is 0.257 e. The lowest BCUT2D eigenvalue weighted by Gasteiger charge is -2.34. The van der Waals surface area contributed by atoms with Crippen molar-refractivity contribution in [3.8, 4) is 0 Å². The number of rotatable bonds is 5. The first-order valence-electron chi connectivity index (χ1n) is 8.44. The second-order valence-electron chi connectivity index (χ2n) is 6.49. The molecule has 2 atom stereocenters. The average Bonchev–Trinajstić information content (AvgIpc) is 3.00. The van der Waals surface area contributed by atoms with Crippen molar-refractivity contribution < 1.29 is 14.3 Å². The third-order valence-electron chi connectivity index (χ3n) is 4.06. The largest absolute Gasteiger partial charge is 0.373 e. The third-order valence-corrected chi connectivity index (χ3v) is 4.87. The van der Waals surface area contributed by atoms with Crippen molar-refractivity contribution in [3.63, 3.8) is 0 Å². The van der Waals surface area contributed by atoms with Crippen LogP contribution in [-0.4, -0.2) is 47.0 Å². The molecule has 0 spiro atoms. The van der Waals surface area contributed by atoms with Crippen molar-refractivity contribution in [2.24, 2.45) is 5.73 Å². The number of carbonyl (C=O) groups is 2. The van der Waals surface area contributed by atoms with Gasteiger partial charge in [-0.05, 0) is 32.0 Å². The summed E-state index contributed by atoms with van der Waals surface area (Å²) in [5, 5.41) is 5.25. The molecule has 1 saturated heterocycles. The number of primary amides is 1. The predicted octanol–water partition coefficient (Wildman–Crippen LogP) is 2.10. The quantitative estimate of drug-likeness (QED) is 0.835. The fourth-order valence-corrected chi connectivity index (χ4v) is 3.76. The zero-order valence-corrected chi connectivity index (χ0v) is 15.6.